The fourth-order valence-corrected chi connectivity index (χ4v) is 2.06. The number of nitrogens with zero attached hydrogens (tertiary/aromatic N) is 1. The fourth-order valence-electron chi connectivity index (χ4n) is 2.06. The molecule has 0 spiro atoms. The highest BCUT2D eigenvalue weighted by molar-refractivity contribution is 5.86. The molecule has 0 aromatic rings. The fraction of sp³-hybridized carbons (Fsp3) is 0.750. The molecular weight excluding hydrogens is 284 g/mol. The number of carboxylic acids is 2. The molecule has 0 bridgehead atoms. The molecule has 1 rings (SSSR count). The molecule has 21 heavy (non-hydrogen) atoms. The van der Waals surface area contributed by atoms with E-state index in [9.17, 15) is 14.4 Å². The molecule has 4 N–H and O–H groups in total. The van der Waals surface area contributed by atoms with Gasteiger partial charge in [-0.15, -0.1) is 0 Å². The normalized spacial score (nSPS) is 17.3. The number of likely N-dealkylation sites (tertiary alicyclic amines) is 1. The van der Waals surface area contributed by atoms with Gasteiger partial charge in [-0.25, -0.2) is 9.59 Å². The molecule has 1 aliphatic heterocycles. The lowest BCUT2D eigenvalue weighted by molar-refractivity contribution is -0.145. The minimum atomic E-state index is -1.45. The molecule has 1 fully saturated rings. The lowest BCUT2D eigenvalue weighted by Crippen LogP contribution is -2.51. The summed E-state index contributed by atoms with van der Waals surface area (Å²) >= 11 is 0. The number of amides is 2. The van der Waals surface area contributed by atoms with Crippen molar-refractivity contribution in [1.29, 1.82) is 0 Å². The zero-order valence-corrected chi connectivity index (χ0v) is 11.5. The van der Waals surface area contributed by atoms with Crippen LogP contribution < -0.4 is 5.32 Å². The Kier molecular flexibility index (Phi) is 6.89. The molecule has 0 aromatic carbocycles. The third-order valence-electron chi connectivity index (χ3n) is 3.15. The van der Waals surface area contributed by atoms with E-state index in [1.165, 1.54) is 4.90 Å². The average Bonchev–Trinajstić information content (AvgIpc) is 2.44. The van der Waals surface area contributed by atoms with Crippen molar-refractivity contribution in [2.75, 3.05) is 26.3 Å². The van der Waals surface area contributed by atoms with Crippen LogP contribution in [0.5, 0.6) is 0 Å². The highest BCUT2D eigenvalue weighted by Crippen LogP contribution is 2.13. The van der Waals surface area contributed by atoms with Crippen molar-refractivity contribution in [1.82, 2.24) is 10.2 Å². The van der Waals surface area contributed by atoms with Gasteiger partial charge in [0, 0.05) is 13.1 Å². The van der Waals surface area contributed by atoms with Crippen molar-refractivity contribution in [2.24, 2.45) is 0 Å². The Balaban J connectivity index is 2.42. The largest absolute Gasteiger partial charge is 0.481 e. The summed E-state index contributed by atoms with van der Waals surface area (Å²) in [5, 5.41) is 28.3. The van der Waals surface area contributed by atoms with Crippen LogP contribution in [0, 0.1) is 0 Å². The second-order valence-corrected chi connectivity index (χ2v) is 4.72. The predicted molar refractivity (Wildman–Crippen MR) is 69.8 cm³/mol. The van der Waals surface area contributed by atoms with E-state index in [0.29, 0.717) is 25.9 Å². The first-order valence-corrected chi connectivity index (χ1v) is 6.66. The summed E-state index contributed by atoms with van der Waals surface area (Å²) in [6.45, 7) is 0.968. The average molecular weight is 304 g/mol. The van der Waals surface area contributed by atoms with Crippen LogP contribution in [0.2, 0.25) is 0 Å². The van der Waals surface area contributed by atoms with Gasteiger partial charge in [0.05, 0.1) is 25.7 Å². The van der Waals surface area contributed by atoms with Gasteiger partial charge in [0.2, 0.25) is 0 Å². The van der Waals surface area contributed by atoms with Crippen LogP contribution in [0.3, 0.4) is 0 Å². The van der Waals surface area contributed by atoms with Crippen LogP contribution in [-0.2, 0) is 14.3 Å². The number of carbonyl (C=O) groups is 3. The van der Waals surface area contributed by atoms with E-state index in [2.05, 4.69) is 5.32 Å². The number of piperidine rings is 1. The number of urea groups is 1. The van der Waals surface area contributed by atoms with Crippen molar-refractivity contribution in [2.45, 2.75) is 31.4 Å². The molecule has 2 amide bonds. The predicted octanol–water partition coefficient (Wildman–Crippen LogP) is -0.903. The number of carbonyl (C=O) groups excluding carboxylic acids is 1. The number of aliphatic hydroxyl groups is 1. The van der Waals surface area contributed by atoms with Gasteiger partial charge < -0.3 is 30.3 Å². The van der Waals surface area contributed by atoms with Crippen molar-refractivity contribution >= 4 is 18.0 Å². The first-order valence-electron chi connectivity index (χ1n) is 6.66. The van der Waals surface area contributed by atoms with Crippen molar-refractivity contribution in [3.63, 3.8) is 0 Å². The van der Waals surface area contributed by atoms with Gasteiger partial charge in [0.1, 0.15) is 6.04 Å². The monoisotopic (exact) mass is 304 g/mol. The Morgan fingerprint density at radius 1 is 1.24 bits per heavy atom. The standard InChI is InChI=1S/C12H20N2O7/c15-5-6-21-8-1-3-14(4-2-8)12(20)13-9(11(18)19)7-10(16)17/h8-9,15H,1-7H2,(H,13,20)(H,16,17)(H,18,19)/t9-/m1/s1. The second kappa shape index (κ2) is 8.42. The van der Waals surface area contributed by atoms with E-state index < -0.39 is 30.4 Å². The Bertz CT molecular complexity index is 380. The molecule has 120 valence electrons. The Morgan fingerprint density at radius 3 is 2.33 bits per heavy atom. The van der Waals surface area contributed by atoms with E-state index in [4.69, 9.17) is 20.1 Å². The van der Waals surface area contributed by atoms with Crippen molar-refractivity contribution in [3.05, 3.63) is 0 Å². The minimum Gasteiger partial charge on any atom is -0.481 e. The van der Waals surface area contributed by atoms with Crippen LogP contribution in [0.1, 0.15) is 19.3 Å². The molecule has 0 saturated carbocycles. The van der Waals surface area contributed by atoms with Gasteiger partial charge in [-0.1, -0.05) is 0 Å². The van der Waals surface area contributed by atoms with E-state index in [0.717, 1.165) is 0 Å². The van der Waals surface area contributed by atoms with Crippen LogP contribution in [0.25, 0.3) is 0 Å². The molecule has 1 heterocycles. The molecule has 9 heteroatoms. The van der Waals surface area contributed by atoms with Crippen LogP contribution in [0.4, 0.5) is 4.79 Å². The highest BCUT2D eigenvalue weighted by atomic mass is 16.5. The van der Waals surface area contributed by atoms with E-state index in [1.807, 2.05) is 0 Å². The van der Waals surface area contributed by atoms with E-state index >= 15 is 0 Å². The summed E-state index contributed by atoms with van der Waals surface area (Å²) in [6.07, 6.45) is 0.473. The smallest absolute Gasteiger partial charge is 0.326 e. The zero-order chi connectivity index (χ0) is 15.8. The summed E-state index contributed by atoms with van der Waals surface area (Å²) in [4.78, 5) is 34.8. The zero-order valence-electron chi connectivity index (χ0n) is 11.5. The maximum Gasteiger partial charge on any atom is 0.326 e. The van der Waals surface area contributed by atoms with Gasteiger partial charge in [-0.05, 0) is 12.8 Å². The summed E-state index contributed by atoms with van der Waals surface area (Å²) < 4.78 is 5.35. The van der Waals surface area contributed by atoms with E-state index in [-0.39, 0.29) is 19.3 Å². The Morgan fingerprint density at radius 2 is 1.86 bits per heavy atom. The van der Waals surface area contributed by atoms with Crippen LogP contribution in [0.15, 0.2) is 0 Å². The molecule has 0 radical (unpaired) electrons. The van der Waals surface area contributed by atoms with Gasteiger partial charge in [0.15, 0.2) is 0 Å². The number of nitrogens with one attached hydrogen (secondary N) is 1. The summed E-state index contributed by atoms with van der Waals surface area (Å²) in [6, 6.07) is -2.04. The minimum absolute atomic E-state index is 0.0320. The summed E-state index contributed by atoms with van der Waals surface area (Å²) in [7, 11) is 0. The van der Waals surface area contributed by atoms with Gasteiger partial charge in [-0.2, -0.15) is 0 Å². The van der Waals surface area contributed by atoms with E-state index in [1.54, 1.807) is 0 Å². The number of aliphatic hydroxyl groups excluding tert-OH is 1. The summed E-state index contributed by atoms with van der Waals surface area (Å²) in [5.41, 5.74) is 0. The molecule has 0 aliphatic carbocycles. The number of ether oxygens (including phenoxy) is 1. The molecule has 0 aromatic heterocycles. The lowest BCUT2D eigenvalue weighted by Gasteiger charge is -2.32. The first-order chi connectivity index (χ1) is 9.93. The third-order valence-corrected chi connectivity index (χ3v) is 3.15. The quantitative estimate of drug-likeness (QED) is 0.478. The maximum atomic E-state index is 11.9. The topological polar surface area (TPSA) is 136 Å². The van der Waals surface area contributed by atoms with Gasteiger partial charge in [0.25, 0.3) is 0 Å². The Labute approximate surface area is 121 Å². The van der Waals surface area contributed by atoms with Crippen LogP contribution >= 0.6 is 0 Å². The lowest BCUT2D eigenvalue weighted by atomic mass is 10.1. The SMILES string of the molecule is O=C(O)C[C@@H](NC(=O)N1CCC(OCCO)CC1)C(=O)O. The maximum absolute atomic E-state index is 11.9. The number of carboxylic acid groups (broad SMARTS) is 2. The first kappa shape index (κ1) is 17.2. The molecule has 1 atom stereocenters. The Hall–Kier alpha value is -1.87. The van der Waals surface area contributed by atoms with Crippen LogP contribution in [-0.4, -0.2) is 76.6 Å². The molecule has 1 saturated heterocycles. The third kappa shape index (κ3) is 5.96. The van der Waals surface area contributed by atoms with Gasteiger partial charge >= 0.3 is 18.0 Å². The van der Waals surface area contributed by atoms with Crippen molar-refractivity contribution in [3.8, 4) is 0 Å². The highest BCUT2D eigenvalue weighted by Gasteiger charge is 2.28. The van der Waals surface area contributed by atoms with Gasteiger partial charge in [-0.3, -0.25) is 4.79 Å². The molecule has 9 nitrogen and oxygen atoms in total. The number of hydrogen-bond acceptors (Lipinski definition) is 5. The number of hydrogen-bond donors (Lipinski definition) is 4. The number of aliphatic carboxylic acids is 2. The number of rotatable bonds is 7. The molecule has 0 unspecified atom stereocenters. The second-order valence-electron chi connectivity index (χ2n) is 4.72. The molecule has 1 aliphatic rings. The van der Waals surface area contributed by atoms with Crippen molar-refractivity contribution < 1.29 is 34.4 Å². The molecular formula is C12H20N2O7. The summed E-state index contributed by atoms with van der Waals surface area (Å²) in [5.74, 6) is -2.68.